The lowest BCUT2D eigenvalue weighted by atomic mass is 10.2. The van der Waals surface area contributed by atoms with E-state index in [0.717, 1.165) is 10.6 Å². The van der Waals surface area contributed by atoms with Gasteiger partial charge >= 0.3 is 23.9 Å². The van der Waals surface area contributed by atoms with Gasteiger partial charge < -0.3 is 10.4 Å². The number of nitrogens with zero attached hydrogens (tertiary/aromatic N) is 3. The van der Waals surface area contributed by atoms with E-state index in [0.29, 0.717) is 5.06 Å². The number of pyridine rings is 1. The van der Waals surface area contributed by atoms with E-state index in [2.05, 4.69) is 10.3 Å². The molecule has 3 N–H and O–H groups in total. The molecule has 13 heteroatoms. The second-order valence-corrected chi connectivity index (χ2v) is 6.48. The summed E-state index contributed by atoms with van der Waals surface area (Å²) in [4.78, 5) is 66.4. The summed E-state index contributed by atoms with van der Waals surface area (Å²) in [5.41, 5.74) is 0.893. The van der Waals surface area contributed by atoms with Gasteiger partial charge in [-0.3, -0.25) is 34.4 Å². The van der Waals surface area contributed by atoms with Crippen molar-refractivity contribution in [3.63, 3.8) is 0 Å². The number of imide groups is 2. The van der Waals surface area contributed by atoms with Crippen LogP contribution in [0.4, 0.5) is 9.59 Å². The van der Waals surface area contributed by atoms with Crippen molar-refractivity contribution in [3.05, 3.63) is 72.2 Å². The summed E-state index contributed by atoms with van der Waals surface area (Å²) in [5.74, 6) is -1.57. The number of aliphatic carboxylic acids is 1. The molecule has 0 atom stereocenters. The standard InChI is InChI=1S/C12H12N2O4.C5H5N.C3H4N2O2.C3H6O2/c1-17-13-10(8-9-6-4-3-5-7-9)11(15)14(18-2)12(13)16;1-2-4-6-5-3-1;6-2-1-4-3(7)5-2;1-2-3(4)5/h3-8H,1-2H3;1-5H;1H2,(H2,4,5,6,7);2H2,1H3,(H,4,5). The Morgan fingerprint density at radius 3 is 1.89 bits per heavy atom. The minimum atomic E-state index is -0.745. The molecule has 1 aromatic heterocycles. The zero-order valence-corrected chi connectivity index (χ0v) is 19.9. The van der Waals surface area contributed by atoms with E-state index in [1.54, 1.807) is 25.4 Å². The zero-order valence-electron chi connectivity index (χ0n) is 19.9. The largest absolute Gasteiger partial charge is 0.481 e. The highest BCUT2D eigenvalue weighted by molar-refractivity contribution is 6.12. The number of hydrogen-bond acceptors (Lipinski definition) is 8. The number of carbonyl (C=O) groups excluding carboxylic acids is 4. The van der Waals surface area contributed by atoms with Crippen LogP contribution in [0.1, 0.15) is 18.9 Å². The number of benzene rings is 1. The number of rotatable bonds is 4. The molecule has 6 amide bonds. The van der Waals surface area contributed by atoms with E-state index >= 15 is 0 Å². The summed E-state index contributed by atoms with van der Waals surface area (Å²) in [6.45, 7) is 1.72. The predicted octanol–water partition coefficient (Wildman–Crippen LogP) is 1.80. The van der Waals surface area contributed by atoms with Gasteiger partial charge in [-0.25, -0.2) is 9.59 Å². The quantitative estimate of drug-likeness (QED) is 0.418. The fourth-order valence-electron chi connectivity index (χ4n) is 2.32. The van der Waals surface area contributed by atoms with Crippen LogP contribution in [0.15, 0.2) is 66.6 Å². The van der Waals surface area contributed by atoms with Crippen LogP contribution in [0.5, 0.6) is 0 Å². The lowest BCUT2D eigenvalue weighted by Crippen LogP contribution is -2.31. The van der Waals surface area contributed by atoms with Crippen molar-refractivity contribution >= 4 is 35.9 Å². The Morgan fingerprint density at radius 2 is 1.56 bits per heavy atom. The Kier molecular flexibility index (Phi) is 13.1. The first-order valence-corrected chi connectivity index (χ1v) is 10.4. The molecule has 0 radical (unpaired) electrons. The second-order valence-electron chi connectivity index (χ2n) is 6.48. The van der Waals surface area contributed by atoms with Gasteiger partial charge in [-0.1, -0.05) is 43.3 Å². The van der Waals surface area contributed by atoms with Gasteiger partial charge in [0.05, 0.1) is 20.8 Å². The average molecular weight is 501 g/mol. The topological polar surface area (TPSA) is 167 Å². The number of amides is 6. The molecule has 13 nitrogen and oxygen atoms in total. The number of urea groups is 2. The summed E-state index contributed by atoms with van der Waals surface area (Å²) in [6, 6.07) is 13.8. The molecule has 2 saturated heterocycles. The van der Waals surface area contributed by atoms with Crippen LogP contribution in [-0.2, 0) is 24.1 Å². The molecule has 3 heterocycles. The Hall–Kier alpha value is -4.62. The third kappa shape index (κ3) is 10.1. The molecule has 2 fully saturated rings. The molecule has 2 aliphatic rings. The number of nitrogens with one attached hydrogen (secondary N) is 2. The fourth-order valence-corrected chi connectivity index (χ4v) is 2.32. The lowest BCUT2D eigenvalue weighted by molar-refractivity contribution is -0.152. The first kappa shape index (κ1) is 29.4. The Labute approximate surface area is 207 Å². The van der Waals surface area contributed by atoms with Crippen LogP contribution in [-0.4, -0.2) is 70.8 Å². The number of carbonyl (C=O) groups is 5. The lowest BCUT2D eigenvalue weighted by Gasteiger charge is -2.11. The van der Waals surface area contributed by atoms with Crippen LogP contribution in [0, 0.1) is 0 Å². The fraction of sp³-hybridized carbons (Fsp3) is 0.217. The highest BCUT2D eigenvalue weighted by Gasteiger charge is 2.42. The molecule has 1 aromatic carbocycles. The number of carboxylic acids is 1. The van der Waals surface area contributed by atoms with E-state index in [1.807, 2.05) is 53.8 Å². The van der Waals surface area contributed by atoms with E-state index in [9.17, 15) is 24.0 Å². The van der Waals surface area contributed by atoms with E-state index < -0.39 is 23.9 Å². The predicted molar refractivity (Wildman–Crippen MR) is 126 cm³/mol. The molecule has 192 valence electrons. The summed E-state index contributed by atoms with van der Waals surface area (Å²) < 4.78 is 0. The third-order valence-electron chi connectivity index (χ3n) is 3.97. The van der Waals surface area contributed by atoms with Gasteiger partial charge in [-0.05, 0) is 23.8 Å². The zero-order chi connectivity index (χ0) is 26.9. The summed E-state index contributed by atoms with van der Waals surface area (Å²) in [7, 11) is 2.55. The average Bonchev–Trinajstić information content (AvgIpc) is 3.39. The van der Waals surface area contributed by atoms with Gasteiger partial charge in [-0.15, -0.1) is 5.06 Å². The van der Waals surface area contributed by atoms with Crippen molar-refractivity contribution in [2.24, 2.45) is 0 Å². The van der Waals surface area contributed by atoms with Crippen molar-refractivity contribution in [1.29, 1.82) is 0 Å². The van der Waals surface area contributed by atoms with Crippen molar-refractivity contribution < 1.29 is 38.8 Å². The van der Waals surface area contributed by atoms with Gasteiger partial charge in [0.15, 0.2) is 0 Å². The molecule has 36 heavy (non-hydrogen) atoms. The molecule has 2 aliphatic heterocycles. The molecule has 0 spiro atoms. The second kappa shape index (κ2) is 16.1. The maximum atomic E-state index is 11.9. The minimum absolute atomic E-state index is 0.107. The summed E-state index contributed by atoms with van der Waals surface area (Å²) in [5, 5.41) is 13.5. The van der Waals surface area contributed by atoms with E-state index in [-0.39, 0.29) is 24.6 Å². The number of hydrogen-bond donors (Lipinski definition) is 3. The summed E-state index contributed by atoms with van der Waals surface area (Å²) in [6.07, 6.45) is 5.28. The Bertz CT molecular complexity index is 1010. The van der Waals surface area contributed by atoms with Crippen LogP contribution in [0.3, 0.4) is 0 Å². The third-order valence-corrected chi connectivity index (χ3v) is 3.97. The first-order chi connectivity index (χ1) is 17.2. The molecule has 2 aromatic rings. The van der Waals surface area contributed by atoms with Crippen molar-refractivity contribution in [2.75, 3.05) is 20.8 Å². The van der Waals surface area contributed by atoms with Crippen LogP contribution < -0.4 is 10.6 Å². The van der Waals surface area contributed by atoms with Crippen LogP contribution >= 0.6 is 0 Å². The molecular weight excluding hydrogens is 474 g/mol. The number of hydroxylamine groups is 4. The molecule has 0 unspecified atom stereocenters. The van der Waals surface area contributed by atoms with Crippen molar-refractivity contribution in [1.82, 2.24) is 25.7 Å². The maximum Gasteiger partial charge on any atom is 0.380 e. The van der Waals surface area contributed by atoms with Gasteiger partial charge in [0, 0.05) is 18.8 Å². The molecule has 4 rings (SSSR count). The van der Waals surface area contributed by atoms with Gasteiger partial charge in [-0.2, -0.15) is 5.06 Å². The molecule has 0 saturated carbocycles. The van der Waals surface area contributed by atoms with Gasteiger partial charge in [0.1, 0.15) is 5.70 Å². The van der Waals surface area contributed by atoms with Crippen molar-refractivity contribution in [3.8, 4) is 0 Å². The van der Waals surface area contributed by atoms with Crippen LogP contribution in [0.25, 0.3) is 6.08 Å². The van der Waals surface area contributed by atoms with Crippen LogP contribution in [0.2, 0.25) is 0 Å². The maximum absolute atomic E-state index is 11.9. The number of aromatic nitrogens is 1. The smallest absolute Gasteiger partial charge is 0.380 e. The first-order valence-electron chi connectivity index (χ1n) is 10.4. The highest BCUT2D eigenvalue weighted by Crippen LogP contribution is 2.23. The number of carboxylic acid groups (broad SMARTS) is 1. The van der Waals surface area contributed by atoms with Crippen molar-refractivity contribution in [2.45, 2.75) is 13.3 Å². The Balaban J connectivity index is 0.000000293. The Morgan fingerprint density at radius 1 is 1.00 bits per heavy atom. The highest BCUT2D eigenvalue weighted by atomic mass is 16.7. The van der Waals surface area contributed by atoms with E-state index in [4.69, 9.17) is 14.8 Å². The summed E-state index contributed by atoms with van der Waals surface area (Å²) >= 11 is 0. The molecule has 0 bridgehead atoms. The monoisotopic (exact) mass is 501 g/mol. The minimum Gasteiger partial charge on any atom is -0.481 e. The van der Waals surface area contributed by atoms with Gasteiger partial charge in [0.2, 0.25) is 5.91 Å². The van der Waals surface area contributed by atoms with Gasteiger partial charge in [0.25, 0.3) is 0 Å². The molecular formula is C23H27N5O8. The van der Waals surface area contributed by atoms with E-state index in [1.165, 1.54) is 14.2 Å². The molecule has 0 aliphatic carbocycles. The SMILES string of the molecule is CCC(=O)O.CON1C(=O)C(=Cc2ccccc2)N(OC)C1=O.O=C1CNC(=O)N1.c1ccncc1. The normalized spacial score (nSPS) is 15.0.